The van der Waals surface area contributed by atoms with Gasteiger partial charge in [0.25, 0.3) is 0 Å². The van der Waals surface area contributed by atoms with Crippen LogP contribution in [0.2, 0.25) is 0 Å². The number of carbonyl (C=O) groups is 2. The highest BCUT2D eigenvalue weighted by Gasteiger charge is 2.25. The molecule has 2 aliphatic heterocycles. The molecule has 0 bridgehead atoms. The second-order valence-corrected chi connectivity index (χ2v) is 9.77. The molecule has 2 aromatic rings. The summed E-state index contributed by atoms with van der Waals surface area (Å²) in [6.45, 7) is 8.88. The number of nitrogens with one attached hydrogen (secondary N) is 2. The number of pyridine rings is 1. The largest absolute Gasteiger partial charge is 0.337 e. The number of aromatic nitrogens is 1. The van der Waals surface area contributed by atoms with E-state index in [1.54, 1.807) is 4.90 Å². The molecular formula is C25H30FN5O2. The number of urea groups is 2. The van der Waals surface area contributed by atoms with Crippen LogP contribution in [0.4, 0.5) is 19.7 Å². The van der Waals surface area contributed by atoms with Gasteiger partial charge >= 0.3 is 12.1 Å². The highest BCUT2D eigenvalue weighted by atomic mass is 19.1. The molecule has 0 saturated carbocycles. The zero-order valence-electron chi connectivity index (χ0n) is 19.3. The quantitative estimate of drug-likeness (QED) is 0.715. The van der Waals surface area contributed by atoms with Crippen LogP contribution in [0.3, 0.4) is 0 Å². The summed E-state index contributed by atoms with van der Waals surface area (Å²) in [5.74, 6) is -0.391. The molecule has 2 N–H and O–H groups in total. The molecule has 4 amide bonds. The average Bonchev–Trinajstić information content (AvgIpc) is 3.21. The number of nitrogens with zero attached hydrogens (tertiary/aromatic N) is 3. The lowest BCUT2D eigenvalue weighted by Gasteiger charge is -2.28. The summed E-state index contributed by atoms with van der Waals surface area (Å²) in [5, 5.41) is 5.89. The molecule has 1 aromatic heterocycles. The monoisotopic (exact) mass is 451 g/mol. The number of amides is 4. The topological polar surface area (TPSA) is 77.6 Å². The van der Waals surface area contributed by atoms with Gasteiger partial charge in [-0.15, -0.1) is 0 Å². The van der Waals surface area contributed by atoms with Gasteiger partial charge in [-0.05, 0) is 46.7 Å². The van der Waals surface area contributed by atoms with E-state index in [0.29, 0.717) is 38.4 Å². The van der Waals surface area contributed by atoms with Crippen molar-refractivity contribution in [2.75, 3.05) is 25.0 Å². The minimum atomic E-state index is -0.391. The van der Waals surface area contributed by atoms with Gasteiger partial charge in [-0.2, -0.15) is 0 Å². The van der Waals surface area contributed by atoms with Gasteiger partial charge in [0, 0.05) is 31.9 Å². The zero-order valence-corrected chi connectivity index (χ0v) is 19.3. The fourth-order valence-electron chi connectivity index (χ4n) is 3.91. The van der Waals surface area contributed by atoms with Gasteiger partial charge in [-0.3, -0.25) is 4.98 Å². The van der Waals surface area contributed by atoms with Crippen LogP contribution in [0.25, 0.3) is 5.57 Å². The number of carbonyl (C=O) groups excluding carboxylic acids is 2. The highest BCUT2D eigenvalue weighted by molar-refractivity contribution is 5.90. The predicted molar refractivity (Wildman–Crippen MR) is 126 cm³/mol. The normalized spacial score (nSPS) is 15.7. The molecular weight excluding hydrogens is 421 g/mol. The van der Waals surface area contributed by atoms with Gasteiger partial charge in [-0.25, -0.2) is 14.0 Å². The minimum Gasteiger partial charge on any atom is -0.337 e. The number of rotatable bonds is 3. The van der Waals surface area contributed by atoms with Crippen molar-refractivity contribution in [2.45, 2.75) is 40.3 Å². The third kappa shape index (κ3) is 5.69. The third-order valence-corrected chi connectivity index (χ3v) is 5.79. The van der Waals surface area contributed by atoms with Crippen molar-refractivity contribution in [1.82, 2.24) is 20.1 Å². The van der Waals surface area contributed by atoms with Crippen LogP contribution in [0, 0.1) is 11.2 Å². The molecule has 7 nitrogen and oxygen atoms in total. The molecule has 0 spiro atoms. The Morgan fingerprint density at radius 3 is 2.52 bits per heavy atom. The Kier molecular flexibility index (Phi) is 6.35. The summed E-state index contributed by atoms with van der Waals surface area (Å²) < 4.78 is 13.4. The molecule has 0 radical (unpaired) electrons. The van der Waals surface area contributed by atoms with E-state index in [4.69, 9.17) is 0 Å². The molecule has 33 heavy (non-hydrogen) atoms. The Hall–Kier alpha value is -3.42. The Balaban J connectivity index is 1.30. The molecule has 3 heterocycles. The fraction of sp³-hybridized carbons (Fsp3) is 0.400. The lowest BCUT2D eigenvalue weighted by Crippen LogP contribution is -2.44. The first kappa shape index (κ1) is 22.8. The first-order chi connectivity index (χ1) is 15.7. The summed E-state index contributed by atoms with van der Waals surface area (Å²) in [6.07, 6.45) is 4.04. The van der Waals surface area contributed by atoms with Crippen LogP contribution in [0.5, 0.6) is 0 Å². The highest BCUT2D eigenvalue weighted by Crippen LogP contribution is 2.25. The Bertz CT molecular complexity index is 1080. The number of benzene rings is 1. The first-order valence-electron chi connectivity index (χ1n) is 11.2. The summed E-state index contributed by atoms with van der Waals surface area (Å²) in [7, 11) is 0. The van der Waals surface area contributed by atoms with Crippen LogP contribution in [0.15, 0.2) is 42.6 Å². The predicted octanol–water partition coefficient (Wildman–Crippen LogP) is 4.61. The van der Waals surface area contributed by atoms with Crippen molar-refractivity contribution in [3.05, 3.63) is 65.2 Å². The van der Waals surface area contributed by atoms with E-state index in [2.05, 4.69) is 42.5 Å². The number of hydrogen-bond acceptors (Lipinski definition) is 3. The number of halogens is 1. The van der Waals surface area contributed by atoms with E-state index in [1.807, 2.05) is 29.2 Å². The molecule has 0 unspecified atom stereocenters. The Morgan fingerprint density at radius 2 is 1.85 bits per heavy atom. The van der Waals surface area contributed by atoms with Crippen LogP contribution in [-0.2, 0) is 13.1 Å². The van der Waals surface area contributed by atoms with Crippen LogP contribution < -0.4 is 10.6 Å². The zero-order chi connectivity index (χ0) is 23.6. The van der Waals surface area contributed by atoms with E-state index in [9.17, 15) is 14.0 Å². The van der Waals surface area contributed by atoms with Gasteiger partial charge < -0.3 is 20.4 Å². The molecule has 0 aliphatic carbocycles. The van der Waals surface area contributed by atoms with Crippen LogP contribution >= 0.6 is 0 Å². The maximum atomic E-state index is 13.4. The summed E-state index contributed by atoms with van der Waals surface area (Å²) in [6, 6.07) is 8.86. The number of fused-ring (bicyclic) bond motifs is 1. The third-order valence-electron chi connectivity index (χ3n) is 5.79. The van der Waals surface area contributed by atoms with Gasteiger partial charge in [0.2, 0.25) is 0 Å². The molecule has 8 heteroatoms. The Morgan fingerprint density at radius 1 is 1.09 bits per heavy atom. The van der Waals surface area contributed by atoms with Crippen LogP contribution in [0.1, 0.15) is 44.0 Å². The molecule has 2 aliphatic rings. The second-order valence-electron chi connectivity index (χ2n) is 9.77. The molecule has 174 valence electrons. The molecule has 0 fully saturated rings. The SMILES string of the molecule is CC(C)(C)CNC(=O)N1CC=C(c2ccc(NC(=O)N3Cc4cc(F)cnc4C3)cc2)CC1. The van der Waals surface area contributed by atoms with Crippen molar-refractivity contribution >= 4 is 23.3 Å². The van der Waals surface area contributed by atoms with E-state index in [1.165, 1.54) is 17.8 Å². The maximum absolute atomic E-state index is 13.4. The van der Waals surface area contributed by atoms with Gasteiger partial charge in [-0.1, -0.05) is 39.0 Å². The van der Waals surface area contributed by atoms with E-state index >= 15 is 0 Å². The lowest BCUT2D eigenvalue weighted by atomic mass is 9.97. The van der Waals surface area contributed by atoms with E-state index < -0.39 is 5.82 Å². The van der Waals surface area contributed by atoms with Crippen molar-refractivity contribution < 1.29 is 14.0 Å². The summed E-state index contributed by atoms with van der Waals surface area (Å²) >= 11 is 0. The standard InChI is InChI=1S/C25H30FN5O2/c1-25(2,3)16-28-23(32)30-10-8-18(9-11-30)17-4-6-21(7-5-17)29-24(33)31-14-19-12-20(26)13-27-22(19)15-31/h4-8,12-13H,9-11,14-16H2,1-3H3,(H,28,32)(H,29,33). The first-order valence-corrected chi connectivity index (χ1v) is 11.2. The Labute approximate surface area is 193 Å². The van der Waals surface area contributed by atoms with E-state index in [-0.39, 0.29) is 17.5 Å². The molecule has 4 rings (SSSR count). The van der Waals surface area contributed by atoms with Crippen molar-refractivity contribution in [1.29, 1.82) is 0 Å². The van der Waals surface area contributed by atoms with E-state index in [0.717, 1.165) is 23.2 Å². The second kappa shape index (κ2) is 9.21. The van der Waals surface area contributed by atoms with Crippen molar-refractivity contribution in [3.63, 3.8) is 0 Å². The lowest BCUT2D eigenvalue weighted by molar-refractivity contribution is 0.198. The van der Waals surface area contributed by atoms with Gasteiger partial charge in [0.1, 0.15) is 5.82 Å². The number of hydrogen-bond donors (Lipinski definition) is 2. The van der Waals surface area contributed by atoms with Gasteiger partial charge in [0.15, 0.2) is 0 Å². The van der Waals surface area contributed by atoms with Gasteiger partial charge in [0.05, 0.1) is 18.4 Å². The molecule has 1 aromatic carbocycles. The average molecular weight is 452 g/mol. The van der Waals surface area contributed by atoms with Crippen LogP contribution in [-0.4, -0.2) is 46.5 Å². The number of anilines is 1. The molecule has 0 atom stereocenters. The smallest absolute Gasteiger partial charge is 0.322 e. The minimum absolute atomic E-state index is 0.0275. The summed E-state index contributed by atoms with van der Waals surface area (Å²) in [5.41, 5.74) is 4.49. The maximum Gasteiger partial charge on any atom is 0.322 e. The summed E-state index contributed by atoms with van der Waals surface area (Å²) in [4.78, 5) is 32.5. The molecule has 0 saturated heterocycles. The fourth-order valence-corrected chi connectivity index (χ4v) is 3.91. The van der Waals surface area contributed by atoms with Crippen molar-refractivity contribution in [2.24, 2.45) is 5.41 Å². The van der Waals surface area contributed by atoms with Crippen molar-refractivity contribution in [3.8, 4) is 0 Å².